The molecule has 2 amide bonds. The van der Waals surface area contributed by atoms with E-state index in [9.17, 15) is 19.5 Å². The summed E-state index contributed by atoms with van der Waals surface area (Å²) in [6, 6.07) is 16.3. The lowest BCUT2D eigenvalue weighted by molar-refractivity contribution is -0.165. The molecular weight excluding hydrogens is 432 g/mol. The van der Waals surface area contributed by atoms with Gasteiger partial charge in [-0.1, -0.05) is 48.5 Å². The second-order valence-electron chi connectivity index (χ2n) is 9.90. The molecule has 2 aromatic rings. The van der Waals surface area contributed by atoms with Gasteiger partial charge in [0.1, 0.15) is 12.1 Å². The summed E-state index contributed by atoms with van der Waals surface area (Å²) in [4.78, 5) is 38.9. The van der Waals surface area contributed by atoms with E-state index in [1.54, 1.807) is 7.05 Å². The summed E-state index contributed by atoms with van der Waals surface area (Å²) in [7, 11) is 1.56. The van der Waals surface area contributed by atoms with Crippen LogP contribution in [0.2, 0.25) is 0 Å². The number of aliphatic carboxylic acids is 1. The number of carbonyl (C=O) groups is 3. The van der Waals surface area contributed by atoms with Gasteiger partial charge < -0.3 is 20.1 Å². The summed E-state index contributed by atoms with van der Waals surface area (Å²) in [5.41, 5.74) is 2.85. The molecule has 2 saturated carbocycles. The number of nitrogens with zero attached hydrogens (tertiary/aromatic N) is 1. The van der Waals surface area contributed by atoms with Gasteiger partial charge in [-0.3, -0.25) is 4.79 Å². The molecule has 2 aromatic carbocycles. The van der Waals surface area contributed by atoms with E-state index in [2.05, 4.69) is 29.6 Å². The number of hydrogen-bond donors (Lipinski definition) is 2. The Morgan fingerprint density at radius 3 is 2.00 bits per heavy atom. The monoisotopic (exact) mass is 462 g/mol. The van der Waals surface area contributed by atoms with E-state index in [4.69, 9.17) is 4.74 Å². The van der Waals surface area contributed by atoms with Crippen molar-refractivity contribution in [3.8, 4) is 11.1 Å². The molecule has 0 bridgehead atoms. The van der Waals surface area contributed by atoms with E-state index in [-0.39, 0.29) is 24.9 Å². The van der Waals surface area contributed by atoms with Crippen LogP contribution in [0, 0.1) is 0 Å². The molecule has 3 aliphatic rings. The summed E-state index contributed by atoms with van der Waals surface area (Å²) in [6.07, 6.45) is 3.55. The number of rotatable bonds is 7. The summed E-state index contributed by atoms with van der Waals surface area (Å²) in [5, 5.41) is 12.6. The average molecular weight is 463 g/mol. The lowest BCUT2D eigenvalue weighted by Gasteiger charge is -2.47. The quantitative estimate of drug-likeness (QED) is 0.640. The van der Waals surface area contributed by atoms with Crippen LogP contribution in [0.5, 0.6) is 0 Å². The standard InChI is InChI=1S/C27H30N2O5/c1-29(27(24(31)32)14-7-15-27)23(30)16-26(12-6-13-26)28-25(33)34-17-22-20-10-4-2-8-18(20)19-9-3-5-11-21(19)22/h2-5,8-11,22H,6-7,12-17H2,1H3,(H,28,33)(H,31,32). The highest BCUT2D eigenvalue weighted by Crippen LogP contribution is 2.45. The number of benzene rings is 2. The summed E-state index contributed by atoms with van der Waals surface area (Å²) in [6.45, 7) is 0.214. The molecular formula is C27H30N2O5. The van der Waals surface area contributed by atoms with Crippen LogP contribution < -0.4 is 5.32 Å². The highest BCUT2D eigenvalue weighted by molar-refractivity contribution is 5.88. The highest BCUT2D eigenvalue weighted by Gasteiger charge is 2.51. The smallest absolute Gasteiger partial charge is 0.407 e. The maximum Gasteiger partial charge on any atom is 0.407 e. The van der Waals surface area contributed by atoms with Crippen molar-refractivity contribution in [2.75, 3.05) is 13.7 Å². The van der Waals surface area contributed by atoms with Crippen LogP contribution in [0.3, 0.4) is 0 Å². The summed E-state index contributed by atoms with van der Waals surface area (Å²) < 4.78 is 5.68. The van der Waals surface area contributed by atoms with Crippen molar-refractivity contribution in [1.29, 1.82) is 0 Å². The number of amides is 2. The van der Waals surface area contributed by atoms with E-state index >= 15 is 0 Å². The van der Waals surface area contributed by atoms with E-state index < -0.39 is 23.1 Å². The van der Waals surface area contributed by atoms with Crippen LogP contribution in [0.4, 0.5) is 4.79 Å². The topological polar surface area (TPSA) is 95.9 Å². The average Bonchev–Trinajstić information content (AvgIpc) is 3.09. The van der Waals surface area contributed by atoms with Gasteiger partial charge in [-0.2, -0.15) is 0 Å². The third-order valence-electron chi connectivity index (χ3n) is 8.11. The zero-order valence-electron chi connectivity index (χ0n) is 19.4. The molecule has 0 heterocycles. The minimum absolute atomic E-state index is 0.0303. The third kappa shape index (κ3) is 3.63. The SMILES string of the molecule is CN(C(=O)CC1(NC(=O)OCC2c3ccccc3-c3ccccc32)CCC1)C1(C(=O)O)CCC1. The first kappa shape index (κ1) is 22.4. The molecule has 0 radical (unpaired) electrons. The van der Waals surface area contributed by atoms with Crippen molar-refractivity contribution in [1.82, 2.24) is 10.2 Å². The number of nitrogens with one attached hydrogen (secondary N) is 1. The van der Waals surface area contributed by atoms with Gasteiger partial charge in [-0.25, -0.2) is 9.59 Å². The van der Waals surface area contributed by atoms with Gasteiger partial charge in [-0.05, 0) is 60.8 Å². The third-order valence-corrected chi connectivity index (χ3v) is 8.11. The molecule has 0 aromatic heterocycles. The normalized spacial score (nSPS) is 19.1. The largest absolute Gasteiger partial charge is 0.479 e. The van der Waals surface area contributed by atoms with Gasteiger partial charge in [-0.15, -0.1) is 0 Å². The molecule has 7 heteroatoms. The molecule has 7 nitrogen and oxygen atoms in total. The Bertz CT molecular complexity index is 1090. The Hall–Kier alpha value is -3.35. The van der Waals surface area contributed by atoms with E-state index in [1.165, 1.54) is 16.0 Å². The first-order chi connectivity index (χ1) is 16.4. The van der Waals surface area contributed by atoms with E-state index in [0.29, 0.717) is 25.7 Å². The predicted molar refractivity (Wildman–Crippen MR) is 126 cm³/mol. The van der Waals surface area contributed by atoms with Gasteiger partial charge in [0.2, 0.25) is 5.91 Å². The van der Waals surface area contributed by atoms with Crippen molar-refractivity contribution in [2.45, 2.75) is 61.9 Å². The van der Waals surface area contributed by atoms with Crippen LogP contribution in [0.15, 0.2) is 48.5 Å². The number of ether oxygens (including phenoxy) is 1. The lowest BCUT2D eigenvalue weighted by Crippen LogP contribution is -2.62. The number of carboxylic acids is 1. The molecule has 0 saturated heterocycles. The highest BCUT2D eigenvalue weighted by atomic mass is 16.5. The number of carboxylic acid groups (broad SMARTS) is 1. The number of carbonyl (C=O) groups excluding carboxylic acids is 2. The Labute approximate surface area is 199 Å². The van der Waals surface area contributed by atoms with Crippen molar-refractivity contribution >= 4 is 18.0 Å². The Balaban J connectivity index is 1.23. The van der Waals surface area contributed by atoms with Gasteiger partial charge in [0.25, 0.3) is 0 Å². The molecule has 34 heavy (non-hydrogen) atoms. The summed E-state index contributed by atoms with van der Waals surface area (Å²) in [5.74, 6) is -1.24. The number of fused-ring (bicyclic) bond motifs is 3. The van der Waals surface area contributed by atoms with Crippen LogP contribution in [0.1, 0.15) is 62.0 Å². The number of hydrogen-bond acceptors (Lipinski definition) is 4. The van der Waals surface area contributed by atoms with E-state index in [1.807, 2.05) is 24.3 Å². The number of likely N-dealkylation sites (N-methyl/N-ethyl adjacent to an activating group) is 1. The predicted octanol–water partition coefficient (Wildman–Crippen LogP) is 4.30. The fourth-order valence-electron chi connectivity index (χ4n) is 5.65. The molecule has 0 aliphatic heterocycles. The molecule has 2 fully saturated rings. The molecule has 3 aliphatic carbocycles. The Kier molecular flexibility index (Phi) is 5.58. The Morgan fingerprint density at radius 1 is 0.971 bits per heavy atom. The van der Waals surface area contributed by atoms with Crippen molar-refractivity contribution in [3.63, 3.8) is 0 Å². The fourth-order valence-corrected chi connectivity index (χ4v) is 5.65. The number of alkyl carbamates (subject to hydrolysis) is 1. The maximum absolute atomic E-state index is 13.0. The van der Waals surface area contributed by atoms with Gasteiger partial charge in [0.05, 0.1) is 12.0 Å². The molecule has 0 spiro atoms. The van der Waals surface area contributed by atoms with Crippen LogP contribution >= 0.6 is 0 Å². The van der Waals surface area contributed by atoms with Crippen LogP contribution in [-0.2, 0) is 14.3 Å². The van der Waals surface area contributed by atoms with Gasteiger partial charge >= 0.3 is 12.1 Å². The van der Waals surface area contributed by atoms with Crippen LogP contribution in [-0.4, -0.2) is 52.7 Å². The summed E-state index contributed by atoms with van der Waals surface area (Å²) >= 11 is 0. The molecule has 178 valence electrons. The van der Waals surface area contributed by atoms with Crippen LogP contribution in [0.25, 0.3) is 11.1 Å². The van der Waals surface area contributed by atoms with Crippen molar-refractivity contribution in [2.24, 2.45) is 0 Å². The molecule has 2 N–H and O–H groups in total. The zero-order valence-corrected chi connectivity index (χ0v) is 19.4. The zero-order chi connectivity index (χ0) is 23.9. The van der Waals surface area contributed by atoms with Crippen molar-refractivity contribution < 1.29 is 24.2 Å². The first-order valence-electron chi connectivity index (χ1n) is 12.0. The first-order valence-corrected chi connectivity index (χ1v) is 12.0. The second kappa shape index (κ2) is 8.46. The van der Waals surface area contributed by atoms with Crippen molar-refractivity contribution in [3.05, 3.63) is 59.7 Å². The van der Waals surface area contributed by atoms with Gasteiger partial charge in [0, 0.05) is 13.0 Å². The Morgan fingerprint density at radius 2 is 1.53 bits per heavy atom. The minimum Gasteiger partial charge on any atom is -0.479 e. The van der Waals surface area contributed by atoms with E-state index in [0.717, 1.165) is 24.0 Å². The fraction of sp³-hybridized carbons (Fsp3) is 0.444. The molecule has 0 unspecified atom stereocenters. The molecule has 0 atom stereocenters. The van der Waals surface area contributed by atoms with Gasteiger partial charge in [0.15, 0.2) is 0 Å². The maximum atomic E-state index is 13.0. The lowest BCUT2D eigenvalue weighted by atomic mass is 9.72. The molecule has 5 rings (SSSR count). The second-order valence-corrected chi connectivity index (χ2v) is 9.90. The minimum atomic E-state index is -1.11.